The van der Waals surface area contributed by atoms with Crippen molar-refractivity contribution in [1.82, 2.24) is 0 Å². The van der Waals surface area contributed by atoms with E-state index in [0.717, 1.165) is 0 Å². The van der Waals surface area contributed by atoms with Crippen molar-refractivity contribution in [3.8, 4) is 12.3 Å². The van der Waals surface area contributed by atoms with E-state index in [4.69, 9.17) is 23.1 Å². The highest BCUT2D eigenvalue weighted by Gasteiger charge is 2.09. The van der Waals surface area contributed by atoms with Gasteiger partial charge in [-0.25, -0.2) is 4.79 Å². The van der Waals surface area contributed by atoms with Crippen molar-refractivity contribution >= 4 is 29.2 Å². The fourth-order valence-corrected chi connectivity index (χ4v) is 1.33. The predicted molar refractivity (Wildman–Crippen MR) is 60.5 cm³/mol. The smallest absolute Gasteiger partial charge is 0.337 e. The summed E-state index contributed by atoms with van der Waals surface area (Å²) in [5, 5.41) is 11.3. The van der Waals surface area contributed by atoms with Crippen molar-refractivity contribution in [1.29, 1.82) is 0 Å². The van der Waals surface area contributed by atoms with Gasteiger partial charge in [0.25, 0.3) is 0 Å². The van der Waals surface area contributed by atoms with Crippen LogP contribution in [-0.2, 0) is 4.79 Å². The van der Waals surface area contributed by atoms with Crippen molar-refractivity contribution in [2.75, 3.05) is 5.32 Å². The van der Waals surface area contributed by atoms with E-state index < -0.39 is 5.97 Å². The third-order valence-electron chi connectivity index (χ3n) is 1.75. The number of aromatic carboxylic acids is 1. The third-order valence-corrected chi connectivity index (χ3v) is 2.06. The van der Waals surface area contributed by atoms with Gasteiger partial charge < -0.3 is 10.4 Å². The largest absolute Gasteiger partial charge is 0.478 e. The summed E-state index contributed by atoms with van der Waals surface area (Å²) in [6.45, 7) is 0. The average Bonchev–Trinajstić information content (AvgIpc) is 2.17. The van der Waals surface area contributed by atoms with Gasteiger partial charge in [0.1, 0.15) is 0 Å². The molecule has 0 aromatic heterocycles. The summed E-state index contributed by atoms with van der Waals surface area (Å²) in [7, 11) is 0. The lowest BCUT2D eigenvalue weighted by atomic mass is 10.2. The van der Waals surface area contributed by atoms with E-state index in [-0.39, 0.29) is 22.9 Å². The van der Waals surface area contributed by atoms with Gasteiger partial charge in [-0.1, -0.05) is 17.5 Å². The van der Waals surface area contributed by atoms with Crippen LogP contribution in [0.1, 0.15) is 16.8 Å². The molecule has 1 aromatic rings. The number of carbonyl (C=O) groups is 2. The van der Waals surface area contributed by atoms with Crippen LogP contribution >= 0.6 is 11.6 Å². The fraction of sp³-hybridized carbons (Fsp3) is 0.0909. The number of benzene rings is 1. The van der Waals surface area contributed by atoms with Crippen molar-refractivity contribution in [3.05, 3.63) is 28.8 Å². The molecule has 0 bridgehead atoms. The number of nitrogens with one attached hydrogen (secondary N) is 1. The van der Waals surface area contributed by atoms with Gasteiger partial charge in [0, 0.05) is 5.69 Å². The average molecular weight is 238 g/mol. The summed E-state index contributed by atoms with van der Waals surface area (Å²) in [5.74, 6) is 0.728. The van der Waals surface area contributed by atoms with Crippen molar-refractivity contribution < 1.29 is 14.7 Å². The Hall–Kier alpha value is -1.99. The third kappa shape index (κ3) is 3.01. The summed E-state index contributed by atoms with van der Waals surface area (Å²) in [5.41, 5.74) is 0.395. The number of carboxylic acids is 1. The van der Waals surface area contributed by atoms with Crippen LogP contribution in [0.4, 0.5) is 5.69 Å². The molecule has 5 heteroatoms. The summed E-state index contributed by atoms with van der Waals surface area (Å²) in [4.78, 5) is 21.8. The van der Waals surface area contributed by atoms with Crippen LogP contribution in [0, 0.1) is 12.3 Å². The van der Waals surface area contributed by atoms with Crippen molar-refractivity contribution in [2.24, 2.45) is 0 Å². The number of hydrogen-bond acceptors (Lipinski definition) is 2. The maximum atomic E-state index is 11.1. The van der Waals surface area contributed by atoms with E-state index in [0.29, 0.717) is 5.69 Å². The maximum absolute atomic E-state index is 11.1. The number of carbonyl (C=O) groups excluding carboxylic acids is 1. The molecule has 0 aliphatic rings. The Morgan fingerprint density at radius 1 is 1.50 bits per heavy atom. The van der Waals surface area contributed by atoms with E-state index in [1.54, 1.807) is 0 Å². The molecule has 1 amide bonds. The predicted octanol–water partition coefficient (Wildman–Crippen LogP) is 2.00. The zero-order valence-corrected chi connectivity index (χ0v) is 8.91. The summed E-state index contributed by atoms with van der Waals surface area (Å²) < 4.78 is 0. The summed E-state index contributed by atoms with van der Waals surface area (Å²) >= 11 is 5.71. The molecule has 0 saturated carbocycles. The first-order chi connectivity index (χ1) is 7.54. The van der Waals surface area contributed by atoms with Crippen molar-refractivity contribution in [3.63, 3.8) is 0 Å². The zero-order valence-electron chi connectivity index (χ0n) is 8.16. The van der Waals surface area contributed by atoms with E-state index in [1.807, 2.05) is 0 Å². The van der Waals surface area contributed by atoms with E-state index in [1.165, 1.54) is 18.2 Å². The fourth-order valence-electron chi connectivity index (χ4n) is 1.06. The molecule has 16 heavy (non-hydrogen) atoms. The lowest BCUT2D eigenvalue weighted by Crippen LogP contribution is -2.10. The van der Waals surface area contributed by atoms with Crippen LogP contribution in [0.3, 0.4) is 0 Å². The molecule has 1 aromatic carbocycles. The highest BCUT2D eigenvalue weighted by Crippen LogP contribution is 2.20. The van der Waals surface area contributed by atoms with E-state index >= 15 is 0 Å². The molecule has 0 fully saturated rings. The van der Waals surface area contributed by atoms with Gasteiger partial charge in [-0.2, -0.15) is 0 Å². The van der Waals surface area contributed by atoms with E-state index in [2.05, 4.69) is 11.2 Å². The Bertz CT molecular complexity index is 477. The highest BCUT2D eigenvalue weighted by molar-refractivity contribution is 6.33. The Morgan fingerprint density at radius 2 is 2.19 bits per heavy atom. The number of hydrogen-bond donors (Lipinski definition) is 2. The molecule has 0 atom stereocenters. The molecular formula is C11H8ClNO3. The minimum absolute atomic E-state index is 0.0170. The van der Waals surface area contributed by atoms with Crippen LogP contribution in [0.25, 0.3) is 0 Å². The minimum Gasteiger partial charge on any atom is -0.478 e. The molecule has 4 nitrogen and oxygen atoms in total. The molecular weight excluding hydrogens is 230 g/mol. The monoisotopic (exact) mass is 237 g/mol. The van der Waals surface area contributed by atoms with Gasteiger partial charge in [-0.3, -0.25) is 4.79 Å². The van der Waals surface area contributed by atoms with Gasteiger partial charge in [0.15, 0.2) is 0 Å². The molecule has 1 rings (SSSR count). The second-order valence-corrected chi connectivity index (χ2v) is 3.34. The number of halogens is 1. The lowest BCUT2D eigenvalue weighted by molar-refractivity contribution is -0.115. The molecule has 82 valence electrons. The van der Waals surface area contributed by atoms with Gasteiger partial charge in [0.05, 0.1) is 17.0 Å². The first-order valence-electron chi connectivity index (χ1n) is 4.30. The Balaban J connectivity index is 2.86. The molecule has 0 radical (unpaired) electrons. The highest BCUT2D eigenvalue weighted by atomic mass is 35.5. The first-order valence-corrected chi connectivity index (χ1v) is 4.68. The Kier molecular flexibility index (Phi) is 3.92. The second-order valence-electron chi connectivity index (χ2n) is 2.93. The Labute approximate surface area is 97.2 Å². The number of amides is 1. The standard InChI is InChI=1S/C11H8ClNO3/c1-2-3-10(14)13-7-4-5-8(11(15)16)9(12)6-7/h1,4-6H,3H2,(H,13,14)(H,15,16). The molecule has 0 aliphatic carbocycles. The summed E-state index contributed by atoms with van der Waals surface area (Å²) in [6.07, 6.45) is 4.92. The molecule has 0 unspecified atom stereocenters. The van der Waals surface area contributed by atoms with Crippen LogP contribution in [0.5, 0.6) is 0 Å². The zero-order chi connectivity index (χ0) is 12.1. The number of terminal acetylenes is 1. The maximum Gasteiger partial charge on any atom is 0.337 e. The van der Waals surface area contributed by atoms with Gasteiger partial charge >= 0.3 is 5.97 Å². The molecule has 2 N–H and O–H groups in total. The molecule has 0 heterocycles. The SMILES string of the molecule is C#CCC(=O)Nc1ccc(C(=O)O)c(Cl)c1. The number of carboxylic acid groups (broad SMARTS) is 1. The van der Waals surface area contributed by atoms with Gasteiger partial charge in [0.2, 0.25) is 5.91 Å². The molecule has 0 aliphatic heterocycles. The van der Waals surface area contributed by atoms with E-state index in [9.17, 15) is 9.59 Å². The quantitative estimate of drug-likeness (QED) is 0.791. The normalized spacial score (nSPS) is 9.25. The lowest BCUT2D eigenvalue weighted by Gasteiger charge is -2.05. The summed E-state index contributed by atoms with van der Waals surface area (Å²) in [6, 6.07) is 4.12. The van der Waals surface area contributed by atoms with Crippen LogP contribution in [0.2, 0.25) is 5.02 Å². The first kappa shape index (κ1) is 12.1. The van der Waals surface area contributed by atoms with Crippen molar-refractivity contribution in [2.45, 2.75) is 6.42 Å². The van der Waals surface area contributed by atoms with Gasteiger partial charge in [-0.15, -0.1) is 6.42 Å². The topological polar surface area (TPSA) is 66.4 Å². The van der Waals surface area contributed by atoms with Crippen LogP contribution in [0.15, 0.2) is 18.2 Å². The van der Waals surface area contributed by atoms with Crippen LogP contribution < -0.4 is 5.32 Å². The van der Waals surface area contributed by atoms with Gasteiger partial charge in [-0.05, 0) is 18.2 Å². The second kappa shape index (κ2) is 5.19. The molecule has 0 spiro atoms. The van der Waals surface area contributed by atoms with Crippen LogP contribution in [-0.4, -0.2) is 17.0 Å². The Morgan fingerprint density at radius 3 is 2.69 bits per heavy atom. The minimum atomic E-state index is -1.12. The molecule has 0 saturated heterocycles. The number of rotatable bonds is 3. The number of anilines is 1.